The molecule has 1 aliphatic heterocycles. The first kappa shape index (κ1) is 22.7. The molecule has 0 bridgehead atoms. The van der Waals surface area contributed by atoms with Crippen LogP contribution in [0.1, 0.15) is 22.0 Å². The number of nitrogens with zero attached hydrogens (tertiary/aromatic N) is 4. The van der Waals surface area contributed by atoms with Gasteiger partial charge in [-0.05, 0) is 5.56 Å². The Hall–Kier alpha value is -3.45. The number of thioether (sulfide) groups is 1. The van der Waals surface area contributed by atoms with Crippen LogP contribution in [-0.4, -0.2) is 65.5 Å². The molecule has 3 heterocycles. The lowest BCUT2D eigenvalue weighted by atomic mass is 10.1. The minimum absolute atomic E-state index is 0.0514. The molecule has 3 aromatic rings. The highest BCUT2D eigenvalue weighted by Gasteiger charge is 2.31. The van der Waals surface area contributed by atoms with E-state index in [4.69, 9.17) is 0 Å². The van der Waals surface area contributed by atoms with E-state index in [2.05, 4.69) is 30.2 Å². The molecule has 0 saturated carbocycles. The maximum Gasteiger partial charge on any atom is 0.291 e. The van der Waals surface area contributed by atoms with Gasteiger partial charge in [-0.2, -0.15) is 0 Å². The van der Waals surface area contributed by atoms with Gasteiger partial charge in [0.1, 0.15) is 17.7 Å². The summed E-state index contributed by atoms with van der Waals surface area (Å²) in [5.74, 6) is -0.0684. The SMILES string of the molecule is CN1C(=O)[C@@H](NC(=O)c2n[nH]c(Cc3ccccc3)n2)CSc2cnc(NS(C)(=O)=O)cc21. The normalized spacial score (nSPS) is 16.1. The van der Waals surface area contributed by atoms with Gasteiger partial charge in [-0.15, -0.1) is 16.9 Å². The first-order valence-electron chi connectivity index (χ1n) is 9.84. The molecule has 1 aromatic carbocycles. The zero-order chi connectivity index (χ0) is 23.6. The Bertz CT molecular complexity index is 1290. The van der Waals surface area contributed by atoms with Crippen LogP contribution in [0.3, 0.4) is 0 Å². The molecule has 2 aromatic heterocycles. The van der Waals surface area contributed by atoms with Gasteiger partial charge < -0.3 is 10.2 Å². The van der Waals surface area contributed by atoms with Crippen LogP contribution in [0.25, 0.3) is 0 Å². The lowest BCUT2D eigenvalue weighted by Crippen LogP contribution is -2.48. The number of amides is 2. The Balaban J connectivity index is 1.46. The topological polar surface area (TPSA) is 150 Å². The number of nitrogens with one attached hydrogen (secondary N) is 3. The monoisotopic (exact) mass is 487 g/mol. The van der Waals surface area contributed by atoms with Gasteiger partial charge >= 0.3 is 0 Å². The van der Waals surface area contributed by atoms with Crippen molar-refractivity contribution in [1.29, 1.82) is 0 Å². The number of rotatable bonds is 6. The third kappa shape index (κ3) is 5.49. The van der Waals surface area contributed by atoms with Crippen LogP contribution in [0, 0.1) is 0 Å². The summed E-state index contributed by atoms with van der Waals surface area (Å²) >= 11 is 1.33. The van der Waals surface area contributed by atoms with Crippen molar-refractivity contribution in [2.75, 3.05) is 28.7 Å². The molecule has 11 nitrogen and oxygen atoms in total. The van der Waals surface area contributed by atoms with Gasteiger partial charge in [-0.1, -0.05) is 30.3 Å². The van der Waals surface area contributed by atoms with Crippen molar-refractivity contribution in [3.8, 4) is 0 Å². The Kier molecular flexibility index (Phi) is 6.33. The van der Waals surface area contributed by atoms with E-state index < -0.39 is 22.0 Å². The molecule has 1 aliphatic rings. The number of H-pyrrole nitrogens is 1. The summed E-state index contributed by atoms with van der Waals surface area (Å²) in [4.78, 5) is 36.1. The third-order valence-corrected chi connectivity index (χ3v) is 6.49. The van der Waals surface area contributed by atoms with Gasteiger partial charge in [0.15, 0.2) is 0 Å². The summed E-state index contributed by atoms with van der Waals surface area (Å²) in [5.41, 5.74) is 1.51. The van der Waals surface area contributed by atoms with E-state index in [9.17, 15) is 18.0 Å². The van der Waals surface area contributed by atoms with Crippen LogP contribution in [-0.2, 0) is 21.2 Å². The summed E-state index contributed by atoms with van der Waals surface area (Å²) in [6.45, 7) is 0. The molecular weight excluding hydrogens is 466 g/mol. The number of likely N-dealkylation sites (N-methyl/N-ethyl adjacent to an activating group) is 1. The molecule has 0 fully saturated rings. The minimum Gasteiger partial charge on any atom is -0.337 e. The van der Waals surface area contributed by atoms with Crippen molar-refractivity contribution >= 4 is 45.1 Å². The smallest absolute Gasteiger partial charge is 0.291 e. The largest absolute Gasteiger partial charge is 0.337 e. The van der Waals surface area contributed by atoms with Crippen molar-refractivity contribution in [3.63, 3.8) is 0 Å². The number of aromatic nitrogens is 4. The number of carbonyl (C=O) groups excluding carboxylic acids is 2. The highest BCUT2D eigenvalue weighted by atomic mass is 32.2. The molecule has 0 unspecified atom stereocenters. The standard InChI is InChI=1S/C20H21N7O4S2/c1-27-14-9-16(26-33(2,30)31)21-10-15(14)32-11-13(20(27)29)22-19(28)18-23-17(24-25-18)8-12-6-4-3-5-7-12/h3-7,9-10,13H,8,11H2,1-2H3,(H,21,26)(H,22,28)(H,23,24,25)/t13-/m0/s1. The third-order valence-electron chi connectivity index (χ3n) is 4.79. The van der Waals surface area contributed by atoms with Crippen molar-refractivity contribution in [1.82, 2.24) is 25.5 Å². The van der Waals surface area contributed by atoms with Crippen LogP contribution < -0.4 is 14.9 Å². The van der Waals surface area contributed by atoms with Crippen LogP contribution in [0.2, 0.25) is 0 Å². The van der Waals surface area contributed by atoms with Crippen molar-refractivity contribution in [2.24, 2.45) is 0 Å². The van der Waals surface area contributed by atoms with Gasteiger partial charge in [0.05, 0.1) is 11.9 Å². The molecular formula is C20H21N7O4S2. The van der Waals surface area contributed by atoms with Crippen molar-refractivity contribution in [2.45, 2.75) is 17.4 Å². The first-order chi connectivity index (χ1) is 15.7. The van der Waals surface area contributed by atoms with Crippen LogP contribution >= 0.6 is 11.8 Å². The Morgan fingerprint density at radius 1 is 1.30 bits per heavy atom. The lowest BCUT2D eigenvalue weighted by Gasteiger charge is -2.21. The molecule has 0 aliphatic carbocycles. The number of pyridine rings is 1. The van der Waals surface area contributed by atoms with Gasteiger partial charge in [-0.3, -0.25) is 19.4 Å². The second-order valence-corrected chi connectivity index (χ2v) is 10.2. The molecule has 4 rings (SSSR count). The number of anilines is 2. The Labute approximate surface area is 194 Å². The van der Waals surface area contributed by atoms with E-state index >= 15 is 0 Å². The quantitative estimate of drug-likeness (QED) is 0.467. The highest BCUT2D eigenvalue weighted by Crippen LogP contribution is 2.34. The highest BCUT2D eigenvalue weighted by molar-refractivity contribution is 7.99. The Morgan fingerprint density at radius 3 is 2.79 bits per heavy atom. The molecule has 33 heavy (non-hydrogen) atoms. The number of benzene rings is 1. The van der Waals surface area contributed by atoms with E-state index in [1.165, 1.54) is 28.9 Å². The molecule has 13 heteroatoms. The molecule has 1 atom stereocenters. The molecule has 172 valence electrons. The van der Waals surface area contributed by atoms with Crippen LogP contribution in [0.15, 0.2) is 47.5 Å². The van der Waals surface area contributed by atoms with Crippen molar-refractivity contribution in [3.05, 3.63) is 59.8 Å². The number of carbonyl (C=O) groups is 2. The fourth-order valence-corrected chi connectivity index (χ4v) is 4.77. The molecule has 2 amide bonds. The molecule has 0 saturated heterocycles. The number of hydrogen-bond donors (Lipinski definition) is 3. The molecule has 3 N–H and O–H groups in total. The second-order valence-electron chi connectivity index (χ2n) is 7.41. The lowest BCUT2D eigenvalue weighted by molar-refractivity contribution is -0.119. The van der Waals surface area contributed by atoms with Crippen LogP contribution in [0.5, 0.6) is 0 Å². The average Bonchev–Trinajstić information content (AvgIpc) is 3.20. The zero-order valence-corrected chi connectivity index (χ0v) is 19.4. The molecule has 0 spiro atoms. The summed E-state index contributed by atoms with van der Waals surface area (Å²) < 4.78 is 25.3. The minimum atomic E-state index is -3.52. The first-order valence-corrected chi connectivity index (χ1v) is 12.7. The predicted octanol–water partition coefficient (Wildman–Crippen LogP) is 1.03. The number of sulfonamides is 1. The van der Waals surface area contributed by atoms with Crippen molar-refractivity contribution < 1.29 is 18.0 Å². The van der Waals surface area contributed by atoms with E-state index in [0.29, 0.717) is 22.8 Å². The maximum atomic E-state index is 13.0. The summed E-state index contributed by atoms with van der Waals surface area (Å²) in [7, 11) is -1.96. The van der Waals surface area contributed by atoms with Gasteiger partial charge in [-0.25, -0.2) is 18.4 Å². The zero-order valence-electron chi connectivity index (χ0n) is 17.8. The number of fused-ring (bicyclic) bond motifs is 1. The number of aromatic amines is 1. The molecule has 0 radical (unpaired) electrons. The summed E-state index contributed by atoms with van der Waals surface area (Å²) in [6.07, 6.45) is 3.00. The van der Waals surface area contributed by atoms with E-state index in [1.807, 2.05) is 30.3 Å². The fraction of sp³-hybridized carbons (Fsp3) is 0.250. The predicted molar refractivity (Wildman–Crippen MR) is 124 cm³/mol. The average molecular weight is 488 g/mol. The number of hydrogen-bond acceptors (Lipinski definition) is 8. The fourth-order valence-electron chi connectivity index (χ4n) is 3.24. The second kappa shape index (κ2) is 9.19. The van der Waals surface area contributed by atoms with Gasteiger partial charge in [0, 0.05) is 36.4 Å². The van der Waals surface area contributed by atoms with Crippen LogP contribution in [0.4, 0.5) is 11.5 Å². The van der Waals surface area contributed by atoms with E-state index in [-0.39, 0.29) is 23.3 Å². The maximum absolute atomic E-state index is 13.0. The van der Waals surface area contributed by atoms with Gasteiger partial charge in [0.25, 0.3) is 5.91 Å². The summed E-state index contributed by atoms with van der Waals surface area (Å²) in [5, 5.41) is 9.42. The van der Waals surface area contributed by atoms with Gasteiger partial charge in [0.2, 0.25) is 21.8 Å². The van der Waals surface area contributed by atoms with E-state index in [0.717, 1.165) is 11.8 Å². The van der Waals surface area contributed by atoms with E-state index in [1.54, 1.807) is 7.05 Å². The summed E-state index contributed by atoms with van der Waals surface area (Å²) in [6, 6.07) is 10.3. The Morgan fingerprint density at radius 2 is 2.06 bits per heavy atom.